The fourth-order valence-electron chi connectivity index (χ4n) is 7.02. The second-order valence-electron chi connectivity index (χ2n) is 18.1. The number of esters is 3. The molecule has 6 heteroatoms. The summed E-state index contributed by atoms with van der Waals surface area (Å²) in [5.41, 5.74) is 0. The normalized spacial score (nSPS) is 12.8. The summed E-state index contributed by atoms with van der Waals surface area (Å²) in [4.78, 5) is 38.1. The van der Waals surface area contributed by atoms with Crippen molar-refractivity contribution in [3.05, 3.63) is 146 Å². The van der Waals surface area contributed by atoms with Crippen LogP contribution in [-0.4, -0.2) is 37.2 Å². The second kappa shape index (κ2) is 57.9. The Balaban J connectivity index is 4.65. The highest BCUT2D eigenvalue weighted by Crippen LogP contribution is 2.11. The Morgan fingerprint density at radius 1 is 0.282 bits per heavy atom. The van der Waals surface area contributed by atoms with Gasteiger partial charge < -0.3 is 14.2 Å². The summed E-state index contributed by atoms with van der Waals surface area (Å²) in [7, 11) is 0. The van der Waals surface area contributed by atoms with E-state index in [2.05, 4.69) is 142 Å². The van der Waals surface area contributed by atoms with Crippen LogP contribution < -0.4 is 0 Å². The van der Waals surface area contributed by atoms with Crippen molar-refractivity contribution in [1.82, 2.24) is 0 Å². The van der Waals surface area contributed by atoms with Crippen molar-refractivity contribution in [3.8, 4) is 0 Å². The van der Waals surface area contributed by atoms with Crippen molar-refractivity contribution < 1.29 is 28.6 Å². The number of carbonyl (C=O) groups excluding carboxylic acids is 3. The van der Waals surface area contributed by atoms with E-state index in [0.717, 1.165) is 96.3 Å². The molecule has 0 aliphatic heterocycles. The number of hydrogen-bond donors (Lipinski definition) is 0. The zero-order chi connectivity index (χ0) is 51.4. The second-order valence-corrected chi connectivity index (χ2v) is 18.1. The van der Waals surface area contributed by atoms with Gasteiger partial charge in [-0.1, -0.05) is 224 Å². The molecule has 0 fully saturated rings. The molecule has 0 aliphatic rings. The molecule has 0 aromatic carbocycles. The van der Waals surface area contributed by atoms with Crippen LogP contribution in [0.5, 0.6) is 0 Å². The first-order valence-corrected chi connectivity index (χ1v) is 28.3. The smallest absolute Gasteiger partial charge is 0.306 e. The Hall–Kier alpha value is -4.71. The molecule has 0 spiro atoms. The van der Waals surface area contributed by atoms with Gasteiger partial charge in [0.15, 0.2) is 6.10 Å². The molecule has 0 unspecified atom stereocenters. The summed E-state index contributed by atoms with van der Waals surface area (Å²) in [5.74, 6) is -1.13. The van der Waals surface area contributed by atoms with Gasteiger partial charge in [-0.2, -0.15) is 0 Å². The fraction of sp³-hybridized carbons (Fsp3) is 0.585. The van der Waals surface area contributed by atoms with Gasteiger partial charge in [0.2, 0.25) is 0 Å². The van der Waals surface area contributed by atoms with E-state index in [0.29, 0.717) is 12.8 Å². The zero-order valence-electron chi connectivity index (χ0n) is 45.4. The maximum Gasteiger partial charge on any atom is 0.306 e. The number of hydrogen-bond acceptors (Lipinski definition) is 6. The van der Waals surface area contributed by atoms with Gasteiger partial charge in [0.1, 0.15) is 13.2 Å². The molecule has 0 bridgehead atoms. The molecule has 0 radical (unpaired) electrons. The van der Waals surface area contributed by atoms with Crippen LogP contribution in [0.2, 0.25) is 0 Å². The SMILES string of the molecule is CCCCC/C=C\C/C=C\C/C=C\C/C=C\C/C=C\CCC(=O)OCC(COC(=O)CC/C=C\C/C=C\C/C=C\C/C=C\C/C=C\CCCCC)OC(=O)CCCCCCC/C=C\C/C=C\CCCCC. The van der Waals surface area contributed by atoms with E-state index in [-0.39, 0.29) is 50.4 Å². The third kappa shape index (κ3) is 56.1. The highest BCUT2D eigenvalue weighted by Gasteiger charge is 2.19. The number of ether oxygens (including phenoxy) is 3. The molecule has 0 N–H and O–H groups in total. The van der Waals surface area contributed by atoms with Crippen molar-refractivity contribution in [2.24, 2.45) is 0 Å². The summed E-state index contributed by atoms with van der Waals surface area (Å²) in [6.45, 7) is 6.40. The Morgan fingerprint density at radius 2 is 0.535 bits per heavy atom. The summed E-state index contributed by atoms with van der Waals surface area (Å²) < 4.78 is 16.7. The van der Waals surface area contributed by atoms with Crippen LogP contribution in [0.3, 0.4) is 0 Å². The minimum Gasteiger partial charge on any atom is -0.462 e. The van der Waals surface area contributed by atoms with Crippen LogP contribution >= 0.6 is 0 Å². The Labute approximate surface area is 436 Å². The zero-order valence-corrected chi connectivity index (χ0v) is 45.4. The summed E-state index contributed by atoms with van der Waals surface area (Å²) in [6.07, 6.45) is 82.8. The molecule has 71 heavy (non-hydrogen) atoms. The van der Waals surface area contributed by atoms with Gasteiger partial charge in [-0.25, -0.2) is 0 Å². The molecule has 0 rings (SSSR count). The third-order valence-electron chi connectivity index (χ3n) is 11.3. The number of carbonyl (C=O) groups is 3. The minimum atomic E-state index is -0.852. The number of rotatable bonds is 49. The number of allylic oxidation sites excluding steroid dienone is 24. The van der Waals surface area contributed by atoms with Crippen LogP contribution in [0.25, 0.3) is 0 Å². The highest BCUT2D eigenvalue weighted by molar-refractivity contribution is 5.71. The molecule has 0 saturated carbocycles. The van der Waals surface area contributed by atoms with E-state index in [4.69, 9.17) is 14.2 Å². The maximum atomic E-state index is 12.8. The fourth-order valence-corrected chi connectivity index (χ4v) is 7.02. The average Bonchev–Trinajstić information content (AvgIpc) is 3.37. The van der Waals surface area contributed by atoms with Gasteiger partial charge in [0.25, 0.3) is 0 Å². The molecule has 0 amide bonds. The van der Waals surface area contributed by atoms with Crippen LogP contribution in [0, 0.1) is 0 Å². The van der Waals surface area contributed by atoms with Crippen molar-refractivity contribution in [3.63, 3.8) is 0 Å². The third-order valence-corrected chi connectivity index (χ3v) is 11.3. The largest absolute Gasteiger partial charge is 0.462 e. The monoisotopic (exact) mass is 979 g/mol. The lowest BCUT2D eigenvalue weighted by Gasteiger charge is -2.18. The van der Waals surface area contributed by atoms with Gasteiger partial charge in [-0.15, -0.1) is 0 Å². The lowest BCUT2D eigenvalue weighted by molar-refractivity contribution is -0.166. The topological polar surface area (TPSA) is 78.9 Å². The molecule has 398 valence electrons. The highest BCUT2D eigenvalue weighted by atomic mass is 16.6. The minimum absolute atomic E-state index is 0.152. The Morgan fingerprint density at radius 3 is 0.845 bits per heavy atom. The van der Waals surface area contributed by atoms with E-state index < -0.39 is 6.10 Å². The first kappa shape index (κ1) is 66.3. The van der Waals surface area contributed by atoms with Crippen molar-refractivity contribution in [1.29, 1.82) is 0 Å². The molecule has 0 aromatic rings. The van der Waals surface area contributed by atoms with Crippen molar-refractivity contribution in [2.45, 2.75) is 232 Å². The predicted octanol–water partition coefficient (Wildman–Crippen LogP) is 19.2. The quantitative estimate of drug-likeness (QED) is 0.0262. The van der Waals surface area contributed by atoms with E-state index in [1.54, 1.807) is 0 Å². The molecule has 0 aromatic heterocycles. The van der Waals surface area contributed by atoms with Crippen LogP contribution in [-0.2, 0) is 28.6 Å². The molecule has 0 atom stereocenters. The molecule has 6 nitrogen and oxygen atoms in total. The summed E-state index contributed by atoms with van der Waals surface area (Å²) in [6, 6.07) is 0. The molecular formula is C65H102O6. The lowest BCUT2D eigenvalue weighted by Crippen LogP contribution is -2.30. The van der Waals surface area contributed by atoms with Crippen molar-refractivity contribution in [2.75, 3.05) is 13.2 Å². The molecule has 0 heterocycles. The van der Waals surface area contributed by atoms with Gasteiger partial charge >= 0.3 is 17.9 Å². The van der Waals surface area contributed by atoms with E-state index >= 15 is 0 Å². The summed E-state index contributed by atoms with van der Waals surface area (Å²) in [5, 5.41) is 0. The van der Waals surface area contributed by atoms with E-state index in [1.807, 2.05) is 24.3 Å². The van der Waals surface area contributed by atoms with Gasteiger partial charge in [0, 0.05) is 19.3 Å². The van der Waals surface area contributed by atoms with Crippen LogP contribution in [0.4, 0.5) is 0 Å². The Bertz CT molecular complexity index is 1510. The predicted molar refractivity (Wildman–Crippen MR) is 306 cm³/mol. The van der Waals surface area contributed by atoms with Gasteiger partial charge in [-0.05, 0) is 128 Å². The first-order valence-electron chi connectivity index (χ1n) is 28.3. The lowest BCUT2D eigenvalue weighted by atomic mass is 10.1. The summed E-state index contributed by atoms with van der Waals surface area (Å²) >= 11 is 0. The molecule has 0 aliphatic carbocycles. The van der Waals surface area contributed by atoms with Crippen LogP contribution in [0.1, 0.15) is 226 Å². The van der Waals surface area contributed by atoms with Gasteiger partial charge in [0.05, 0.1) is 0 Å². The molecule has 0 saturated heterocycles. The van der Waals surface area contributed by atoms with Crippen LogP contribution in [0.15, 0.2) is 146 Å². The average molecular weight is 980 g/mol. The number of unbranched alkanes of at least 4 members (excludes halogenated alkanes) is 14. The maximum absolute atomic E-state index is 12.8. The molecular weight excluding hydrogens is 877 g/mol. The first-order chi connectivity index (χ1) is 35.0. The standard InChI is InChI=1S/C65H102O6/c1-4-7-10-13-16-19-22-25-28-30-32-34-37-39-42-45-48-51-54-57-63(66)69-60-62(71-65(68)59-56-53-50-47-44-41-36-27-24-21-18-15-12-9-6-3)61-70-64(67)58-55-52-49-46-43-40-38-35-33-31-29-26-23-20-17-14-11-8-5-2/h16-21,25-29,32-36,39-40,42-43,48-49,51-52,62H,4-15,22-24,30-31,37-38,41,44-47,50,53-61H2,1-3H3/b19-16-,20-17-,21-18-,28-25-,29-26-,34-32-,35-33-,36-27-,42-39-,43-40-,51-48-,52-49-. The van der Waals surface area contributed by atoms with E-state index in [1.165, 1.54) is 77.0 Å². The van der Waals surface area contributed by atoms with E-state index in [9.17, 15) is 14.4 Å². The van der Waals surface area contributed by atoms with Crippen molar-refractivity contribution >= 4 is 17.9 Å². The van der Waals surface area contributed by atoms with Gasteiger partial charge in [-0.3, -0.25) is 14.4 Å². The Kier molecular flexibility index (Phi) is 54.0.